The van der Waals surface area contributed by atoms with E-state index in [1.807, 2.05) is 25.1 Å². The molecule has 2 aromatic carbocycles. The van der Waals surface area contributed by atoms with Crippen LogP contribution in [0.3, 0.4) is 0 Å². The molecule has 1 N–H and O–H groups in total. The molecule has 0 saturated carbocycles. The Kier molecular flexibility index (Phi) is 5.93. The Balaban J connectivity index is 1.52. The average Bonchev–Trinajstić information content (AvgIpc) is 3.10. The summed E-state index contributed by atoms with van der Waals surface area (Å²) in [7, 11) is 1.57. The predicted octanol–water partition coefficient (Wildman–Crippen LogP) is 2.54. The van der Waals surface area contributed by atoms with Crippen LogP contribution in [0.2, 0.25) is 0 Å². The van der Waals surface area contributed by atoms with Gasteiger partial charge in [0.05, 0.1) is 13.0 Å². The first-order chi connectivity index (χ1) is 13.5. The summed E-state index contributed by atoms with van der Waals surface area (Å²) in [4.78, 5) is 38.1. The minimum Gasteiger partial charge on any atom is -0.497 e. The van der Waals surface area contributed by atoms with Gasteiger partial charge in [-0.25, -0.2) is 0 Å². The molecule has 7 heteroatoms. The Labute approximate surface area is 163 Å². The van der Waals surface area contributed by atoms with Gasteiger partial charge in [0.25, 0.3) is 5.91 Å². The molecule has 1 heterocycles. The molecule has 2 aromatic rings. The highest BCUT2D eigenvalue weighted by molar-refractivity contribution is 6.00. The number of nitrogens with zero attached hydrogens (tertiary/aromatic N) is 1. The Bertz CT molecular complexity index is 879. The van der Waals surface area contributed by atoms with Crippen molar-refractivity contribution in [1.29, 1.82) is 0 Å². The maximum Gasteiger partial charge on any atom is 0.311 e. The molecule has 0 aromatic heterocycles. The van der Waals surface area contributed by atoms with Crippen LogP contribution < -0.4 is 15.0 Å². The molecular formula is C21H22N2O5. The Morgan fingerprint density at radius 2 is 1.86 bits per heavy atom. The largest absolute Gasteiger partial charge is 0.497 e. The molecule has 0 bridgehead atoms. The van der Waals surface area contributed by atoms with Crippen molar-refractivity contribution in [2.75, 3.05) is 30.5 Å². The first-order valence-corrected chi connectivity index (χ1v) is 8.94. The van der Waals surface area contributed by atoms with Gasteiger partial charge in [-0.15, -0.1) is 0 Å². The lowest BCUT2D eigenvalue weighted by Gasteiger charge is -2.17. The quantitative estimate of drug-likeness (QED) is 0.776. The number of amides is 2. The molecule has 3 rings (SSSR count). The van der Waals surface area contributed by atoms with Gasteiger partial charge in [-0.2, -0.15) is 0 Å². The van der Waals surface area contributed by atoms with Gasteiger partial charge in [0.2, 0.25) is 5.91 Å². The van der Waals surface area contributed by atoms with Crippen molar-refractivity contribution in [3.63, 3.8) is 0 Å². The number of ether oxygens (including phenoxy) is 2. The van der Waals surface area contributed by atoms with Crippen LogP contribution in [0.15, 0.2) is 48.5 Å². The number of methoxy groups -OCH3 is 1. The number of rotatable bonds is 6. The van der Waals surface area contributed by atoms with Crippen molar-refractivity contribution in [2.24, 2.45) is 5.92 Å². The Morgan fingerprint density at radius 3 is 2.54 bits per heavy atom. The second-order valence-electron chi connectivity index (χ2n) is 6.57. The van der Waals surface area contributed by atoms with E-state index in [4.69, 9.17) is 9.47 Å². The molecule has 1 aliphatic rings. The zero-order valence-corrected chi connectivity index (χ0v) is 15.8. The van der Waals surface area contributed by atoms with E-state index in [2.05, 4.69) is 5.32 Å². The number of carbonyl (C=O) groups excluding carboxylic acids is 3. The number of nitrogens with one attached hydrogen (secondary N) is 1. The Morgan fingerprint density at radius 1 is 1.14 bits per heavy atom. The molecule has 1 aliphatic heterocycles. The summed E-state index contributed by atoms with van der Waals surface area (Å²) in [6.07, 6.45) is 0.0598. The van der Waals surface area contributed by atoms with E-state index in [0.29, 0.717) is 17.1 Å². The van der Waals surface area contributed by atoms with Crippen molar-refractivity contribution in [2.45, 2.75) is 13.3 Å². The molecule has 1 fully saturated rings. The van der Waals surface area contributed by atoms with E-state index in [1.165, 1.54) is 0 Å². The molecule has 1 atom stereocenters. The number of aryl methyl sites for hydroxylation is 1. The van der Waals surface area contributed by atoms with Crippen LogP contribution in [0, 0.1) is 12.8 Å². The average molecular weight is 382 g/mol. The van der Waals surface area contributed by atoms with Gasteiger partial charge in [0, 0.05) is 24.3 Å². The molecule has 0 unspecified atom stereocenters. The van der Waals surface area contributed by atoms with Crippen LogP contribution in [-0.2, 0) is 19.1 Å². The monoisotopic (exact) mass is 382 g/mol. The number of hydrogen-bond donors (Lipinski definition) is 1. The van der Waals surface area contributed by atoms with Crippen molar-refractivity contribution in [3.05, 3.63) is 54.1 Å². The fourth-order valence-electron chi connectivity index (χ4n) is 3.03. The summed E-state index contributed by atoms with van der Waals surface area (Å²) in [6, 6.07) is 14.4. The van der Waals surface area contributed by atoms with Crippen molar-refractivity contribution in [1.82, 2.24) is 0 Å². The molecule has 0 radical (unpaired) electrons. The van der Waals surface area contributed by atoms with Gasteiger partial charge in [0.1, 0.15) is 5.75 Å². The first kappa shape index (κ1) is 19.4. The summed E-state index contributed by atoms with van der Waals surface area (Å²) in [5, 5.41) is 2.70. The van der Waals surface area contributed by atoms with Crippen LogP contribution in [0.5, 0.6) is 5.75 Å². The van der Waals surface area contributed by atoms with E-state index in [-0.39, 0.29) is 25.5 Å². The highest BCUT2D eigenvalue weighted by Crippen LogP contribution is 2.27. The Hall–Kier alpha value is -3.35. The molecule has 146 valence electrons. The molecule has 0 aliphatic carbocycles. The zero-order chi connectivity index (χ0) is 20.1. The third-order valence-corrected chi connectivity index (χ3v) is 4.61. The molecule has 28 heavy (non-hydrogen) atoms. The van der Waals surface area contributed by atoms with Crippen LogP contribution in [0.4, 0.5) is 11.4 Å². The van der Waals surface area contributed by atoms with E-state index >= 15 is 0 Å². The van der Waals surface area contributed by atoms with Gasteiger partial charge in [0.15, 0.2) is 6.61 Å². The highest BCUT2D eigenvalue weighted by Gasteiger charge is 2.36. The molecular weight excluding hydrogens is 360 g/mol. The molecule has 0 spiro atoms. The van der Waals surface area contributed by atoms with E-state index < -0.39 is 17.8 Å². The highest BCUT2D eigenvalue weighted by atomic mass is 16.5. The van der Waals surface area contributed by atoms with Gasteiger partial charge < -0.3 is 19.7 Å². The maximum atomic E-state index is 12.3. The second kappa shape index (κ2) is 8.56. The summed E-state index contributed by atoms with van der Waals surface area (Å²) in [5.41, 5.74) is 2.28. The SMILES string of the molecule is COc1ccc(N2C[C@@H](C(=O)OCC(=O)Nc3ccccc3C)CC2=O)cc1. The predicted molar refractivity (Wildman–Crippen MR) is 104 cm³/mol. The smallest absolute Gasteiger partial charge is 0.311 e. The van der Waals surface area contributed by atoms with Crippen molar-refractivity contribution >= 4 is 29.2 Å². The molecule has 7 nitrogen and oxygen atoms in total. The van der Waals surface area contributed by atoms with Gasteiger partial charge in [-0.3, -0.25) is 14.4 Å². The number of anilines is 2. The maximum absolute atomic E-state index is 12.3. The third kappa shape index (κ3) is 4.49. The number of carbonyl (C=O) groups is 3. The third-order valence-electron chi connectivity index (χ3n) is 4.61. The lowest BCUT2D eigenvalue weighted by molar-refractivity contribution is -0.151. The number of esters is 1. The topological polar surface area (TPSA) is 84.9 Å². The summed E-state index contributed by atoms with van der Waals surface area (Å²) in [5.74, 6) is -1.04. The molecule has 1 saturated heterocycles. The van der Waals surface area contributed by atoms with Crippen molar-refractivity contribution in [3.8, 4) is 5.75 Å². The normalized spacial score (nSPS) is 16.0. The van der Waals surface area contributed by atoms with Gasteiger partial charge in [-0.05, 0) is 42.8 Å². The van der Waals surface area contributed by atoms with Gasteiger partial charge >= 0.3 is 5.97 Å². The molecule has 2 amide bonds. The number of benzene rings is 2. The minimum atomic E-state index is -0.596. The zero-order valence-electron chi connectivity index (χ0n) is 15.8. The lowest BCUT2D eigenvalue weighted by atomic mass is 10.1. The summed E-state index contributed by atoms with van der Waals surface area (Å²) in [6.45, 7) is 1.71. The fraction of sp³-hybridized carbons (Fsp3) is 0.286. The van der Waals surface area contributed by atoms with Crippen LogP contribution in [-0.4, -0.2) is 38.0 Å². The summed E-state index contributed by atoms with van der Waals surface area (Å²) >= 11 is 0. The van der Waals surface area contributed by atoms with Gasteiger partial charge in [-0.1, -0.05) is 18.2 Å². The van der Waals surface area contributed by atoms with Crippen LogP contribution >= 0.6 is 0 Å². The second-order valence-corrected chi connectivity index (χ2v) is 6.57. The fourth-order valence-corrected chi connectivity index (χ4v) is 3.03. The van der Waals surface area contributed by atoms with E-state index in [9.17, 15) is 14.4 Å². The number of para-hydroxylation sites is 1. The summed E-state index contributed by atoms with van der Waals surface area (Å²) < 4.78 is 10.2. The lowest BCUT2D eigenvalue weighted by Crippen LogP contribution is -2.28. The van der Waals surface area contributed by atoms with Crippen molar-refractivity contribution < 1.29 is 23.9 Å². The standard InChI is InChI=1S/C21H22N2O5/c1-14-5-3-4-6-18(14)22-19(24)13-28-21(26)15-11-20(25)23(12-15)16-7-9-17(27-2)10-8-16/h3-10,15H,11-13H2,1-2H3,(H,22,24)/t15-/m0/s1. The first-order valence-electron chi connectivity index (χ1n) is 8.94. The van der Waals surface area contributed by atoms with Crippen LogP contribution in [0.1, 0.15) is 12.0 Å². The van der Waals surface area contributed by atoms with Crippen LogP contribution in [0.25, 0.3) is 0 Å². The van der Waals surface area contributed by atoms with E-state index in [0.717, 1.165) is 5.56 Å². The minimum absolute atomic E-state index is 0.0598. The number of hydrogen-bond acceptors (Lipinski definition) is 5. The van der Waals surface area contributed by atoms with E-state index in [1.54, 1.807) is 42.3 Å².